The Morgan fingerprint density at radius 1 is 1.42 bits per heavy atom. The van der Waals surface area contributed by atoms with Crippen LogP contribution in [-0.2, 0) is 6.42 Å². The minimum absolute atomic E-state index is 0.671. The van der Waals surface area contributed by atoms with Gasteiger partial charge in [-0.15, -0.1) is 0 Å². The van der Waals surface area contributed by atoms with Crippen molar-refractivity contribution >= 4 is 12.6 Å². The van der Waals surface area contributed by atoms with Crippen LogP contribution in [0.3, 0.4) is 0 Å². The SMILES string of the molecule is [C-]#[N+]/C(=C\S)Cc1ccccc1. The van der Waals surface area contributed by atoms with Crippen molar-refractivity contribution in [3.63, 3.8) is 0 Å². The normalized spacial score (nSPS) is 10.8. The second-order valence-corrected chi connectivity index (χ2v) is 2.65. The van der Waals surface area contributed by atoms with Crippen LogP contribution in [-0.4, -0.2) is 0 Å². The van der Waals surface area contributed by atoms with Gasteiger partial charge in [0.25, 0.3) is 0 Å². The van der Waals surface area contributed by atoms with E-state index in [1.807, 2.05) is 30.3 Å². The van der Waals surface area contributed by atoms with Crippen molar-refractivity contribution < 1.29 is 0 Å². The molecule has 0 amide bonds. The Kier molecular flexibility index (Phi) is 3.43. The predicted molar refractivity (Wildman–Crippen MR) is 53.8 cm³/mol. The van der Waals surface area contributed by atoms with Crippen LogP contribution in [0.4, 0.5) is 0 Å². The molecule has 0 heterocycles. The fourth-order valence-corrected chi connectivity index (χ4v) is 1.07. The molecule has 0 saturated heterocycles. The van der Waals surface area contributed by atoms with Crippen LogP contribution in [0, 0.1) is 6.57 Å². The average molecular weight is 175 g/mol. The van der Waals surface area contributed by atoms with Crippen molar-refractivity contribution in [1.82, 2.24) is 0 Å². The van der Waals surface area contributed by atoms with Gasteiger partial charge in [-0.25, -0.2) is 4.85 Å². The minimum atomic E-state index is 0.671. The maximum atomic E-state index is 6.82. The van der Waals surface area contributed by atoms with Crippen LogP contribution < -0.4 is 0 Å². The monoisotopic (exact) mass is 175 g/mol. The van der Waals surface area contributed by atoms with Crippen LogP contribution >= 0.6 is 12.6 Å². The molecule has 0 unspecified atom stereocenters. The number of rotatable bonds is 2. The summed E-state index contributed by atoms with van der Waals surface area (Å²) in [6.45, 7) is 6.82. The van der Waals surface area contributed by atoms with Crippen molar-refractivity contribution in [2.45, 2.75) is 6.42 Å². The molecule has 0 spiro atoms. The highest BCUT2D eigenvalue weighted by atomic mass is 32.1. The van der Waals surface area contributed by atoms with E-state index in [4.69, 9.17) is 6.57 Å². The zero-order chi connectivity index (χ0) is 8.81. The number of allylic oxidation sites excluding steroid dienone is 1. The van der Waals surface area contributed by atoms with Crippen molar-refractivity contribution in [2.75, 3.05) is 0 Å². The molecule has 0 atom stereocenters. The number of hydrogen-bond donors (Lipinski definition) is 1. The Morgan fingerprint density at radius 3 is 2.58 bits per heavy atom. The van der Waals surface area contributed by atoms with Crippen molar-refractivity contribution in [3.8, 4) is 0 Å². The molecule has 1 nitrogen and oxygen atoms in total. The molecule has 0 aliphatic rings. The third kappa shape index (κ3) is 2.44. The first kappa shape index (κ1) is 8.89. The summed E-state index contributed by atoms with van der Waals surface area (Å²) >= 11 is 3.95. The molecule has 1 aromatic carbocycles. The van der Waals surface area contributed by atoms with Gasteiger partial charge in [-0.1, -0.05) is 35.9 Å². The van der Waals surface area contributed by atoms with Gasteiger partial charge >= 0.3 is 0 Å². The topological polar surface area (TPSA) is 4.36 Å². The van der Waals surface area contributed by atoms with E-state index in [0.717, 1.165) is 5.56 Å². The molecule has 12 heavy (non-hydrogen) atoms. The molecule has 0 radical (unpaired) electrons. The van der Waals surface area contributed by atoms with Crippen LogP contribution in [0.2, 0.25) is 0 Å². The standard InChI is InChI=1S/C10H9NS/c1-11-10(8-12)7-9-5-3-2-4-6-9/h2-6,8,12H,7H2/b10-8-. The Bertz CT molecular complexity index is 308. The highest BCUT2D eigenvalue weighted by Gasteiger charge is 1.96. The third-order valence-corrected chi connectivity index (χ3v) is 1.82. The zero-order valence-electron chi connectivity index (χ0n) is 6.57. The van der Waals surface area contributed by atoms with Crippen LogP contribution in [0.5, 0.6) is 0 Å². The van der Waals surface area contributed by atoms with Gasteiger partial charge in [0.1, 0.15) is 0 Å². The number of benzene rings is 1. The van der Waals surface area contributed by atoms with E-state index in [-0.39, 0.29) is 0 Å². The molecule has 1 aromatic rings. The first-order valence-corrected chi connectivity index (χ1v) is 4.13. The molecular formula is C10H9NS. The van der Waals surface area contributed by atoms with Crippen molar-refractivity contribution in [3.05, 3.63) is 58.4 Å². The Labute approximate surface area is 78.0 Å². The quantitative estimate of drug-likeness (QED) is 0.520. The molecule has 0 saturated carbocycles. The first-order valence-electron chi connectivity index (χ1n) is 3.61. The van der Waals surface area contributed by atoms with E-state index < -0.39 is 0 Å². The second kappa shape index (κ2) is 4.63. The lowest BCUT2D eigenvalue weighted by Crippen LogP contribution is -1.84. The lowest BCUT2D eigenvalue weighted by molar-refractivity contribution is 1.20. The molecule has 0 aliphatic heterocycles. The Hall–Kier alpha value is -1.20. The molecule has 60 valence electrons. The Balaban J connectivity index is 2.72. The summed E-state index contributed by atoms with van der Waals surface area (Å²) < 4.78 is 0. The summed E-state index contributed by atoms with van der Waals surface area (Å²) in [5.41, 5.74) is 1.82. The fourth-order valence-electron chi connectivity index (χ4n) is 0.919. The number of hydrogen-bond acceptors (Lipinski definition) is 1. The van der Waals surface area contributed by atoms with E-state index in [9.17, 15) is 0 Å². The summed E-state index contributed by atoms with van der Waals surface area (Å²) in [6, 6.07) is 9.90. The van der Waals surface area contributed by atoms with E-state index >= 15 is 0 Å². The summed E-state index contributed by atoms with van der Waals surface area (Å²) in [5, 5.41) is 1.56. The van der Waals surface area contributed by atoms with Gasteiger partial charge in [0, 0.05) is 6.42 Å². The van der Waals surface area contributed by atoms with Gasteiger partial charge in [0.05, 0.1) is 6.57 Å². The smallest absolute Gasteiger partial charge is 0.175 e. The maximum absolute atomic E-state index is 6.82. The van der Waals surface area contributed by atoms with E-state index in [0.29, 0.717) is 12.1 Å². The molecule has 0 N–H and O–H groups in total. The van der Waals surface area contributed by atoms with Gasteiger partial charge in [-0.05, 0) is 5.41 Å². The number of nitrogens with zero attached hydrogens (tertiary/aromatic N) is 1. The van der Waals surface area contributed by atoms with Crippen LogP contribution in [0.15, 0.2) is 41.4 Å². The van der Waals surface area contributed by atoms with Gasteiger partial charge in [-0.2, -0.15) is 12.6 Å². The zero-order valence-corrected chi connectivity index (χ0v) is 7.46. The van der Waals surface area contributed by atoms with E-state index in [1.54, 1.807) is 5.41 Å². The van der Waals surface area contributed by atoms with Crippen LogP contribution in [0.1, 0.15) is 5.56 Å². The maximum Gasteiger partial charge on any atom is 0.175 e. The first-order chi connectivity index (χ1) is 5.86. The van der Waals surface area contributed by atoms with Gasteiger partial charge in [0.15, 0.2) is 5.70 Å². The largest absolute Gasteiger partial charge is 0.242 e. The second-order valence-electron chi connectivity index (χ2n) is 2.39. The van der Waals surface area contributed by atoms with E-state index in [2.05, 4.69) is 17.5 Å². The predicted octanol–water partition coefficient (Wildman–Crippen LogP) is 2.92. The van der Waals surface area contributed by atoms with Crippen molar-refractivity contribution in [2.24, 2.45) is 0 Å². The summed E-state index contributed by atoms with van der Waals surface area (Å²) in [6.07, 6.45) is 0.674. The average Bonchev–Trinajstić information content (AvgIpc) is 2.16. The van der Waals surface area contributed by atoms with E-state index in [1.165, 1.54) is 0 Å². The molecule has 0 bridgehead atoms. The van der Waals surface area contributed by atoms with Gasteiger partial charge in [0.2, 0.25) is 0 Å². The van der Waals surface area contributed by atoms with Crippen molar-refractivity contribution in [1.29, 1.82) is 0 Å². The minimum Gasteiger partial charge on any atom is -0.242 e. The fraction of sp³-hybridized carbons (Fsp3) is 0.100. The highest BCUT2D eigenvalue weighted by molar-refractivity contribution is 7.83. The van der Waals surface area contributed by atoms with Gasteiger partial charge < -0.3 is 0 Å². The lowest BCUT2D eigenvalue weighted by Gasteiger charge is -1.96. The number of thiol groups is 1. The molecular weight excluding hydrogens is 166 g/mol. The van der Waals surface area contributed by atoms with Crippen LogP contribution in [0.25, 0.3) is 4.85 Å². The summed E-state index contributed by atoms with van der Waals surface area (Å²) in [7, 11) is 0. The molecule has 0 aliphatic carbocycles. The molecule has 1 rings (SSSR count). The molecule has 0 aromatic heterocycles. The Morgan fingerprint density at radius 2 is 2.08 bits per heavy atom. The van der Waals surface area contributed by atoms with Gasteiger partial charge in [-0.3, -0.25) is 0 Å². The summed E-state index contributed by atoms with van der Waals surface area (Å²) in [5.74, 6) is 0. The third-order valence-electron chi connectivity index (χ3n) is 1.52. The molecule has 2 heteroatoms. The lowest BCUT2D eigenvalue weighted by atomic mass is 10.1. The molecule has 0 fully saturated rings. The summed E-state index contributed by atoms with van der Waals surface area (Å²) in [4.78, 5) is 3.34. The highest BCUT2D eigenvalue weighted by Crippen LogP contribution is 2.09.